The number of rotatable bonds is 1. The Morgan fingerprint density at radius 2 is 2.33 bits per heavy atom. The summed E-state index contributed by atoms with van der Waals surface area (Å²) in [6.45, 7) is 4.26. The van der Waals surface area contributed by atoms with Crippen LogP contribution in [0, 0.1) is 12.0 Å². The Bertz CT molecular complexity index is 328. The molecular formula is C11H11O. The molecule has 0 N–H and O–H groups in total. The van der Waals surface area contributed by atoms with E-state index in [4.69, 9.17) is 4.42 Å². The Balaban J connectivity index is 2.34. The van der Waals surface area contributed by atoms with Crippen molar-refractivity contribution in [3.05, 3.63) is 41.9 Å². The summed E-state index contributed by atoms with van der Waals surface area (Å²) in [5.74, 6) is 1.35. The lowest BCUT2D eigenvalue weighted by Gasteiger charge is -1.95. The van der Waals surface area contributed by atoms with Gasteiger partial charge in [-0.1, -0.05) is 18.6 Å². The first kappa shape index (κ1) is 7.41. The van der Waals surface area contributed by atoms with Gasteiger partial charge < -0.3 is 4.42 Å². The molecule has 1 nitrogen and oxygen atoms in total. The van der Waals surface area contributed by atoms with Crippen LogP contribution >= 0.6 is 0 Å². The summed E-state index contributed by atoms with van der Waals surface area (Å²) in [5.41, 5.74) is 2.44. The molecule has 1 aliphatic rings. The topological polar surface area (TPSA) is 13.1 Å². The van der Waals surface area contributed by atoms with Gasteiger partial charge in [0.2, 0.25) is 0 Å². The molecule has 0 amide bonds. The molecule has 1 aliphatic carbocycles. The molecule has 12 heavy (non-hydrogen) atoms. The fourth-order valence-corrected chi connectivity index (χ4v) is 1.32. The quantitative estimate of drug-likeness (QED) is 0.613. The largest absolute Gasteiger partial charge is 0.464 e. The molecular weight excluding hydrogens is 148 g/mol. The van der Waals surface area contributed by atoms with Crippen LogP contribution in [-0.2, 0) is 0 Å². The number of allylic oxidation sites excluding steroid dienone is 4. The Morgan fingerprint density at radius 3 is 2.83 bits per heavy atom. The van der Waals surface area contributed by atoms with Gasteiger partial charge in [-0.2, -0.15) is 0 Å². The van der Waals surface area contributed by atoms with E-state index in [0.29, 0.717) is 5.92 Å². The Morgan fingerprint density at radius 1 is 1.50 bits per heavy atom. The first-order valence-corrected chi connectivity index (χ1v) is 4.13. The molecule has 0 spiro atoms. The molecule has 1 unspecified atom stereocenters. The Labute approximate surface area is 72.4 Å². The van der Waals surface area contributed by atoms with Gasteiger partial charge in [-0.3, -0.25) is 0 Å². The maximum absolute atomic E-state index is 5.27. The third-order valence-corrected chi connectivity index (χ3v) is 2.21. The molecule has 2 rings (SSSR count). The minimum Gasteiger partial charge on any atom is -0.464 e. The van der Waals surface area contributed by atoms with Crippen LogP contribution in [0.3, 0.4) is 0 Å². The predicted molar refractivity (Wildman–Crippen MR) is 48.3 cm³/mol. The average Bonchev–Trinajstić information content (AvgIpc) is 2.61. The molecule has 0 aromatic carbocycles. The van der Waals surface area contributed by atoms with Gasteiger partial charge in [0, 0.05) is 11.5 Å². The predicted octanol–water partition coefficient (Wildman–Crippen LogP) is 3.06. The van der Waals surface area contributed by atoms with E-state index in [9.17, 15) is 0 Å². The Kier molecular flexibility index (Phi) is 1.65. The van der Waals surface area contributed by atoms with Gasteiger partial charge in [0.05, 0.1) is 6.26 Å². The maximum Gasteiger partial charge on any atom is 0.134 e. The first-order chi connectivity index (χ1) is 5.77. The fraction of sp³-hybridized carbons (Fsp3) is 0.273. The van der Waals surface area contributed by atoms with E-state index < -0.39 is 0 Å². The standard InChI is InChI=1S/C11H11O/c1-8-6-10(7-9(8)2)11-4-3-5-12-11/h3-6,9H,1-2H3. The van der Waals surface area contributed by atoms with E-state index in [1.165, 1.54) is 5.57 Å². The molecule has 61 valence electrons. The number of hydrogen-bond acceptors (Lipinski definition) is 1. The average molecular weight is 159 g/mol. The lowest BCUT2D eigenvalue weighted by atomic mass is 10.1. The van der Waals surface area contributed by atoms with Crippen molar-refractivity contribution in [2.75, 3.05) is 0 Å². The molecule has 0 bridgehead atoms. The molecule has 0 saturated carbocycles. The second-order valence-corrected chi connectivity index (χ2v) is 3.15. The van der Waals surface area contributed by atoms with Gasteiger partial charge in [-0.15, -0.1) is 0 Å². The zero-order chi connectivity index (χ0) is 8.55. The molecule has 0 saturated heterocycles. The molecule has 1 aromatic rings. The van der Waals surface area contributed by atoms with Crippen LogP contribution in [0.25, 0.3) is 5.57 Å². The van der Waals surface area contributed by atoms with Gasteiger partial charge in [-0.05, 0) is 25.1 Å². The van der Waals surface area contributed by atoms with Crippen LogP contribution in [0.4, 0.5) is 0 Å². The molecule has 1 aromatic heterocycles. The van der Waals surface area contributed by atoms with E-state index in [-0.39, 0.29) is 0 Å². The summed E-state index contributed by atoms with van der Waals surface area (Å²) in [7, 11) is 0. The van der Waals surface area contributed by atoms with Gasteiger partial charge in [0.25, 0.3) is 0 Å². The van der Waals surface area contributed by atoms with Gasteiger partial charge in [0.15, 0.2) is 0 Å². The summed E-state index contributed by atoms with van der Waals surface area (Å²) >= 11 is 0. The van der Waals surface area contributed by atoms with Crippen molar-refractivity contribution in [1.82, 2.24) is 0 Å². The normalized spacial score (nSPS) is 22.3. The zero-order valence-electron chi connectivity index (χ0n) is 7.29. The van der Waals surface area contributed by atoms with E-state index in [2.05, 4.69) is 26.0 Å². The van der Waals surface area contributed by atoms with Gasteiger partial charge >= 0.3 is 0 Å². The lowest BCUT2D eigenvalue weighted by molar-refractivity contribution is 0.554. The van der Waals surface area contributed by atoms with Crippen molar-refractivity contribution in [2.45, 2.75) is 13.8 Å². The zero-order valence-corrected chi connectivity index (χ0v) is 7.29. The highest BCUT2D eigenvalue weighted by atomic mass is 16.3. The molecule has 0 aliphatic heterocycles. The SMILES string of the molecule is CC1=CC(c2ccco2)=[C]C1C. The number of hydrogen-bond donors (Lipinski definition) is 0. The molecule has 0 fully saturated rings. The first-order valence-electron chi connectivity index (χ1n) is 4.13. The second-order valence-electron chi connectivity index (χ2n) is 3.15. The van der Waals surface area contributed by atoms with Crippen molar-refractivity contribution < 1.29 is 4.42 Å². The fourth-order valence-electron chi connectivity index (χ4n) is 1.32. The van der Waals surface area contributed by atoms with Crippen molar-refractivity contribution in [3.63, 3.8) is 0 Å². The number of furan rings is 1. The molecule has 1 radical (unpaired) electrons. The highest BCUT2D eigenvalue weighted by Crippen LogP contribution is 2.29. The third kappa shape index (κ3) is 1.11. The maximum atomic E-state index is 5.27. The van der Waals surface area contributed by atoms with Crippen LogP contribution in [-0.4, -0.2) is 0 Å². The molecule has 1 heterocycles. The van der Waals surface area contributed by atoms with E-state index >= 15 is 0 Å². The van der Waals surface area contributed by atoms with Crippen LogP contribution in [0.5, 0.6) is 0 Å². The summed E-state index contributed by atoms with van der Waals surface area (Å²) in [5, 5.41) is 0. The highest BCUT2D eigenvalue weighted by Gasteiger charge is 2.13. The third-order valence-electron chi connectivity index (χ3n) is 2.21. The van der Waals surface area contributed by atoms with Crippen LogP contribution in [0.2, 0.25) is 0 Å². The van der Waals surface area contributed by atoms with Crippen LogP contribution < -0.4 is 0 Å². The summed E-state index contributed by atoms with van der Waals surface area (Å²) in [4.78, 5) is 0. The van der Waals surface area contributed by atoms with E-state index in [1.54, 1.807) is 6.26 Å². The van der Waals surface area contributed by atoms with Crippen LogP contribution in [0.1, 0.15) is 19.6 Å². The minimum atomic E-state index is 0.435. The van der Waals surface area contributed by atoms with E-state index in [1.807, 2.05) is 12.1 Å². The highest BCUT2D eigenvalue weighted by molar-refractivity contribution is 5.72. The minimum absolute atomic E-state index is 0.435. The van der Waals surface area contributed by atoms with Crippen molar-refractivity contribution in [1.29, 1.82) is 0 Å². The molecule has 1 heteroatoms. The molecule has 1 atom stereocenters. The van der Waals surface area contributed by atoms with Crippen molar-refractivity contribution in [3.8, 4) is 0 Å². The second kappa shape index (κ2) is 2.67. The van der Waals surface area contributed by atoms with Crippen molar-refractivity contribution in [2.24, 2.45) is 5.92 Å². The Hall–Kier alpha value is -1.24. The summed E-state index contributed by atoms with van der Waals surface area (Å²) < 4.78 is 5.27. The van der Waals surface area contributed by atoms with E-state index in [0.717, 1.165) is 11.3 Å². The van der Waals surface area contributed by atoms with Crippen molar-refractivity contribution >= 4 is 5.57 Å². The summed E-state index contributed by atoms with van der Waals surface area (Å²) in [6, 6.07) is 3.86. The van der Waals surface area contributed by atoms with Crippen LogP contribution in [0.15, 0.2) is 34.5 Å². The monoisotopic (exact) mass is 159 g/mol. The smallest absolute Gasteiger partial charge is 0.134 e. The van der Waals surface area contributed by atoms with Gasteiger partial charge in [0.1, 0.15) is 5.76 Å². The summed E-state index contributed by atoms with van der Waals surface area (Å²) in [6.07, 6.45) is 7.16. The lowest BCUT2D eigenvalue weighted by Crippen LogP contribution is -1.84. The van der Waals surface area contributed by atoms with Gasteiger partial charge in [-0.25, -0.2) is 0 Å².